The molecule has 0 bridgehead atoms. The van der Waals surface area contributed by atoms with Crippen LogP contribution in [0.1, 0.15) is 19.0 Å². The Balaban J connectivity index is 2.44. The molecule has 1 aromatic heterocycles. The zero-order valence-corrected chi connectivity index (χ0v) is 12.4. The molecule has 0 aliphatic heterocycles. The Labute approximate surface area is 126 Å². The lowest BCUT2D eigenvalue weighted by molar-refractivity contribution is -0.385. The van der Waals surface area contributed by atoms with Crippen molar-refractivity contribution in [3.63, 3.8) is 0 Å². The van der Waals surface area contributed by atoms with Crippen molar-refractivity contribution in [1.82, 2.24) is 9.97 Å². The normalized spacial score (nSPS) is 10.4. The van der Waals surface area contributed by atoms with E-state index in [4.69, 9.17) is 16.3 Å². The Morgan fingerprint density at radius 2 is 1.95 bits per heavy atom. The van der Waals surface area contributed by atoms with Crippen molar-refractivity contribution in [1.29, 1.82) is 0 Å². The second-order valence-corrected chi connectivity index (χ2v) is 4.74. The Morgan fingerprint density at radius 1 is 1.29 bits per heavy atom. The molecule has 0 N–H and O–H groups in total. The molecular formula is C14H14ClN3O3. The van der Waals surface area contributed by atoms with Crippen molar-refractivity contribution in [3.8, 4) is 17.0 Å². The van der Waals surface area contributed by atoms with Gasteiger partial charge in [-0.15, -0.1) is 0 Å². The highest BCUT2D eigenvalue weighted by atomic mass is 35.5. The van der Waals surface area contributed by atoms with Crippen LogP contribution in [0.3, 0.4) is 0 Å². The second kappa shape index (κ2) is 6.49. The minimum absolute atomic E-state index is 0.0144. The molecule has 21 heavy (non-hydrogen) atoms. The number of benzene rings is 1. The summed E-state index contributed by atoms with van der Waals surface area (Å²) in [6.07, 6.45) is 0.911. The van der Waals surface area contributed by atoms with Gasteiger partial charge in [0.1, 0.15) is 11.4 Å². The fourth-order valence-corrected chi connectivity index (χ4v) is 2.09. The molecule has 0 amide bonds. The van der Waals surface area contributed by atoms with Crippen LogP contribution >= 0.6 is 11.6 Å². The van der Waals surface area contributed by atoms with Crippen LogP contribution in [0, 0.1) is 17.0 Å². The summed E-state index contributed by atoms with van der Waals surface area (Å²) in [5.41, 5.74) is 0.903. The predicted octanol–water partition coefficient (Wildman–Crippen LogP) is 3.80. The van der Waals surface area contributed by atoms with Crippen molar-refractivity contribution in [2.45, 2.75) is 20.3 Å². The van der Waals surface area contributed by atoms with Gasteiger partial charge in [-0.3, -0.25) is 10.1 Å². The number of aromatic nitrogens is 2. The topological polar surface area (TPSA) is 78.2 Å². The van der Waals surface area contributed by atoms with Gasteiger partial charge in [0.25, 0.3) is 0 Å². The first-order valence-electron chi connectivity index (χ1n) is 6.44. The van der Waals surface area contributed by atoms with E-state index >= 15 is 0 Å². The number of hydrogen-bond acceptors (Lipinski definition) is 5. The third-order valence-corrected chi connectivity index (χ3v) is 2.98. The summed E-state index contributed by atoms with van der Waals surface area (Å²) < 4.78 is 5.48. The summed E-state index contributed by atoms with van der Waals surface area (Å²) in [5, 5.41) is 11.2. The van der Waals surface area contributed by atoms with Gasteiger partial charge in [0, 0.05) is 5.56 Å². The molecule has 0 unspecified atom stereocenters. The molecule has 0 fully saturated rings. The Bertz CT molecular complexity index is 659. The molecule has 110 valence electrons. The third-order valence-electron chi connectivity index (χ3n) is 2.81. The van der Waals surface area contributed by atoms with Gasteiger partial charge in [0.2, 0.25) is 5.28 Å². The number of halogens is 1. The van der Waals surface area contributed by atoms with Crippen LogP contribution in [-0.2, 0) is 0 Å². The molecule has 2 aromatic rings. The number of aryl methyl sites for hydroxylation is 1. The number of hydrogen-bond donors (Lipinski definition) is 0. The highest BCUT2D eigenvalue weighted by molar-refractivity contribution is 6.28. The van der Waals surface area contributed by atoms with E-state index in [0.29, 0.717) is 17.9 Å². The van der Waals surface area contributed by atoms with E-state index in [-0.39, 0.29) is 22.4 Å². The van der Waals surface area contributed by atoms with E-state index in [1.807, 2.05) is 6.92 Å². The minimum atomic E-state index is -0.498. The quantitative estimate of drug-likeness (QED) is 0.477. The predicted molar refractivity (Wildman–Crippen MR) is 79.7 cm³/mol. The monoisotopic (exact) mass is 307 g/mol. The number of nitro groups is 1. The van der Waals surface area contributed by atoms with E-state index < -0.39 is 4.92 Å². The summed E-state index contributed by atoms with van der Waals surface area (Å²) in [4.78, 5) is 18.5. The minimum Gasteiger partial charge on any atom is -0.494 e. The molecule has 6 nitrogen and oxygen atoms in total. The van der Waals surface area contributed by atoms with Gasteiger partial charge < -0.3 is 4.74 Å². The van der Waals surface area contributed by atoms with Crippen LogP contribution in [0.4, 0.5) is 5.69 Å². The van der Waals surface area contributed by atoms with Gasteiger partial charge in [0.05, 0.1) is 11.5 Å². The summed E-state index contributed by atoms with van der Waals surface area (Å²) in [7, 11) is 0. The molecule has 0 saturated heterocycles. The maximum Gasteiger partial charge on any atom is 0.316 e. The average Bonchev–Trinajstić information content (AvgIpc) is 2.44. The van der Waals surface area contributed by atoms with Gasteiger partial charge >= 0.3 is 5.69 Å². The van der Waals surface area contributed by atoms with E-state index in [0.717, 1.165) is 6.42 Å². The lowest BCUT2D eigenvalue weighted by atomic mass is 10.1. The van der Waals surface area contributed by atoms with Crippen LogP contribution < -0.4 is 4.74 Å². The van der Waals surface area contributed by atoms with Crippen LogP contribution in [0.25, 0.3) is 11.3 Å². The van der Waals surface area contributed by atoms with Crippen molar-refractivity contribution in [2.24, 2.45) is 0 Å². The first-order valence-corrected chi connectivity index (χ1v) is 6.82. The molecule has 1 aromatic carbocycles. The second-order valence-electron chi connectivity index (χ2n) is 4.41. The molecule has 0 spiro atoms. The van der Waals surface area contributed by atoms with Gasteiger partial charge in [-0.1, -0.05) is 6.92 Å². The van der Waals surface area contributed by atoms with E-state index in [1.54, 1.807) is 24.3 Å². The SMILES string of the molecule is CCCOc1ccc(-c2nc(Cl)nc(C)c2[N+](=O)[O-])cc1. The van der Waals surface area contributed by atoms with E-state index in [2.05, 4.69) is 9.97 Å². The van der Waals surface area contributed by atoms with Crippen LogP contribution in [0.2, 0.25) is 5.28 Å². The fraction of sp³-hybridized carbons (Fsp3) is 0.286. The molecule has 1 heterocycles. The van der Waals surface area contributed by atoms with Gasteiger partial charge in [-0.25, -0.2) is 9.97 Å². The molecule has 0 aliphatic rings. The van der Waals surface area contributed by atoms with Crippen molar-refractivity contribution < 1.29 is 9.66 Å². The lowest BCUT2D eigenvalue weighted by Gasteiger charge is -2.07. The van der Waals surface area contributed by atoms with E-state index in [1.165, 1.54) is 6.92 Å². The molecule has 0 atom stereocenters. The molecule has 7 heteroatoms. The first-order chi connectivity index (χ1) is 10.0. The third kappa shape index (κ3) is 3.46. The molecule has 2 rings (SSSR count). The maximum atomic E-state index is 11.2. The average molecular weight is 308 g/mol. The number of ether oxygens (including phenoxy) is 1. The van der Waals surface area contributed by atoms with Gasteiger partial charge in [-0.05, 0) is 49.2 Å². The van der Waals surface area contributed by atoms with Crippen molar-refractivity contribution >= 4 is 17.3 Å². The maximum absolute atomic E-state index is 11.2. The molecule has 0 saturated carbocycles. The largest absolute Gasteiger partial charge is 0.494 e. The molecular weight excluding hydrogens is 294 g/mol. The zero-order chi connectivity index (χ0) is 15.4. The summed E-state index contributed by atoms with van der Waals surface area (Å²) in [6, 6.07) is 6.94. The summed E-state index contributed by atoms with van der Waals surface area (Å²) in [6.45, 7) is 4.18. The van der Waals surface area contributed by atoms with Crippen LogP contribution in [-0.4, -0.2) is 21.5 Å². The van der Waals surface area contributed by atoms with Crippen LogP contribution in [0.5, 0.6) is 5.75 Å². The standard InChI is InChI=1S/C14H14ClN3O3/c1-3-8-21-11-6-4-10(5-7-11)12-13(18(19)20)9(2)16-14(15)17-12/h4-7H,3,8H2,1-2H3. The highest BCUT2D eigenvalue weighted by Gasteiger charge is 2.22. The lowest BCUT2D eigenvalue weighted by Crippen LogP contribution is -2.01. The van der Waals surface area contributed by atoms with Gasteiger partial charge in [0.15, 0.2) is 5.69 Å². The summed E-state index contributed by atoms with van der Waals surface area (Å²) in [5.74, 6) is 0.708. The highest BCUT2D eigenvalue weighted by Crippen LogP contribution is 2.32. The number of rotatable bonds is 5. The first kappa shape index (κ1) is 15.2. The Hall–Kier alpha value is -2.21. The summed E-state index contributed by atoms with van der Waals surface area (Å²) >= 11 is 5.81. The molecule has 0 radical (unpaired) electrons. The smallest absolute Gasteiger partial charge is 0.316 e. The van der Waals surface area contributed by atoms with E-state index in [9.17, 15) is 10.1 Å². The molecule has 0 aliphatic carbocycles. The Kier molecular flexibility index (Phi) is 4.70. The zero-order valence-electron chi connectivity index (χ0n) is 11.7. The Morgan fingerprint density at radius 3 is 2.52 bits per heavy atom. The van der Waals surface area contributed by atoms with Crippen molar-refractivity contribution in [3.05, 3.63) is 45.4 Å². The van der Waals surface area contributed by atoms with Crippen molar-refractivity contribution in [2.75, 3.05) is 6.61 Å². The van der Waals surface area contributed by atoms with Gasteiger partial charge in [-0.2, -0.15) is 0 Å². The number of nitrogens with zero attached hydrogens (tertiary/aromatic N) is 3. The fourth-order valence-electron chi connectivity index (χ4n) is 1.88. The van der Waals surface area contributed by atoms with Crippen LogP contribution in [0.15, 0.2) is 24.3 Å².